The molecular weight excluding hydrogens is 442 g/mol. The fraction of sp³-hybridized carbons (Fsp3) is 0.407. The summed E-state index contributed by atoms with van der Waals surface area (Å²) in [6.07, 6.45) is 5.05. The van der Waals surface area contributed by atoms with Crippen LogP contribution in [0.15, 0.2) is 42.5 Å². The van der Waals surface area contributed by atoms with Crippen LogP contribution in [0.25, 0.3) is 11.0 Å². The number of nitrogens with one attached hydrogen (secondary N) is 1. The minimum Gasteiger partial charge on any atom is -0.493 e. The first-order chi connectivity index (χ1) is 17.1. The van der Waals surface area contributed by atoms with E-state index in [4.69, 9.17) is 19.4 Å². The van der Waals surface area contributed by atoms with Crippen LogP contribution in [0.2, 0.25) is 0 Å². The van der Waals surface area contributed by atoms with Gasteiger partial charge in [-0.25, -0.2) is 9.97 Å². The van der Waals surface area contributed by atoms with E-state index in [1.54, 1.807) is 14.2 Å². The number of nitriles is 1. The van der Waals surface area contributed by atoms with Gasteiger partial charge in [-0.05, 0) is 49.1 Å². The lowest BCUT2D eigenvalue weighted by Gasteiger charge is -2.25. The Morgan fingerprint density at radius 2 is 1.71 bits per heavy atom. The second-order valence-electron chi connectivity index (χ2n) is 8.61. The van der Waals surface area contributed by atoms with E-state index in [-0.39, 0.29) is 5.91 Å². The lowest BCUT2D eigenvalue weighted by molar-refractivity contribution is -0.121. The normalized spacial score (nSPS) is 14.6. The number of para-hydroxylation sites is 2. The Morgan fingerprint density at radius 3 is 2.37 bits per heavy atom. The van der Waals surface area contributed by atoms with Crippen LogP contribution >= 0.6 is 0 Å². The smallest absolute Gasteiger partial charge is 0.243 e. The van der Waals surface area contributed by atoms with Crippen LogP contribution in [0, 0.1) is 11.3 Å². The molecule has 1 aliphatic rings. The largest absolute Gasteiger partial charge is 0.493 e. The highest BCUT2D eigenvalue weighted by molar-refractivity contribution is 5.88. The molecule has 1 unspecified atom stereocenters. The van der Waals surface area contributed by atoms with Crippen LogP contribution in [0.4, 0.5) is 5.82 Å². The maximum atomic E-state index is 13.2. The molecule has 8 nitrogen and oxygen atoms in total. The predicted molar refractivity (Wildman–Crippen MR) is 135 cm³/mol. The summed E-state index contributed by atoms with van der Waals surface area (Å²) in [6, 6.07) is 15.4. The fourth-order valence-corrected chi connectivity index (χ4v) is 4.43. The quantitative estimate of drug-likeness (QED) is 0.528. The number of ether oxygens (including phenoxy) is 2. The highest BCUT2D eigenvalue weighted by Gasteiger charge is 2.29. The van der Waals surface area contributed by atoms with Gasteiger partial charge in [0.2, 0.25) is 5.91 Å². The second kappa shape index (κ2) is 11.5. The standard InChI is InChI=1S/C27H31N5O3/c1-34-23-12-11-19(17-24(23)35-2)13-14-29-27(33)20(18-28)25-26(32-15-7-3-4-8-16-32)31-22-10-6-5-9-21(22)30-25/h5-6,9-12,17,20H,3-4,7-8,13-16H2,1-2H3,(H,29,33). The number of anilines is 1. The van der Waals surface area contributed by atoms with E-state index in [1.165, 1.54) is 12.8 Å². The van der Waals surface area contributed by atoms with Gasteiger partial charge in [0.25, 0.3) is 0 Å². The van der Waals surface area contributed by atoms with E-state index < -0.39 is 5.92 Å². The zero-order valence-corrected chi connectivity index (χ0v) is 20.3. The van der Waals surface area contributed by atoms with Crippen LogP contribution in [-0.4, -0.2) is 49.7 Å². The highest BCUT2D eigenvalue weighted by atomic mass is 16.5. The topological polar surface area (TPSA) is 100 Å². The molecule has 35 heavy (non-hydrogen) atoms. The zero-order chi connectivity index (χ0) is 24.6. The van der Waals surface area contributed by atoms with Crippen LogP contribution in [0.1, 0.15) is 42.9 Å². The number of amides is 1. The monoisotopic (exact) mass is 473 g/mol. The molecule has 1 amide bonds. The van der Waals surface area contributed by atoms with Crippen molar-refractivity contribution in [3.63, 3.8) is 0 Å². The molecule has 2 aromatic carbocycles. The van der Waals surface area contributed by atoms with Crippen molar-refractivity contribution in [1.29, 1.82) is 5.26 Å². The summed E-state index contributed by atoms with van der Waals surface area (Å²) in [7, 11) is 3.18. The highest BCUT2D eigenvalue weighted by Crippen LogP contribution is 2.30. The molecule has 1 saturated heterocycles. The van der Waals surface area contributed by atoms with Crippen molar-refractivity contribution in [2.45, 2.75) is 38.0 Å². The van der Waals surface area contributed by atoms with Crippen molar-refractivity contribution in [1.82, 2.24) is 15.3 Å². The Bertz CT molecular complexity index is 1220. The van der Waals surface area contributed by atoms with Crippen molar-refractivity contribution in [3.05, 3.63) is 53.7 Å². The Hall–Kier alpha value is -3.86. The van der Waals surface area contributed by atoms with Crippen LogP contribution < -0.4 is 19.7 Å². The van der Waals surface area contributed by atoms with Crippen LogP contribution in [-0.2, 0) is 11.2 Å². The van der Waals surface area contributed by atoms with E-state index in [9.17, 15) is 10.1 Å². The van der Waals surface area contributed by atoms with Crippen molar-refractivity contribution < 1.29 is 14.3 Å². The summed E-state index contributed by atoms with van der Waals surface area (Å²) in [5.41, 5.74) is 2.87. The number of carbonyl (C=O) groups excluding carboxylic acids is 1. The molecule has 0 spiro atoms. The number of methoxy groups -OCH3 is 2. The maximum Gasteiger partial charge on any atom is 0.243 e. The Morgan fingerprint density at radius 1 is 1.03 bits per heavy atom. The van der Waals surface area contributed by atoms with E-state index in [2.05, 4.69) is 16.3 Å². The van der Waals surface area contributed by atoms with Crippen molar-refractivity contribution in [3.8, 4) is 17.6 Å². The summed E-state index contributed by atoms with van der Waals surface area (Å²) in [5.74, 6) is 0.525. The molecular formula is C27H31N5O3. The van der Waals surface area contributed by atoms with Gasteiger partial charge in [0.15, 0.2) is 23.2 Å². The molecule has 0 bridgehead atoms. The van der Waals surface area contributed by atoms with E-state index in [0.717, 1.165) is 37.0 Å². The fourth-order valence-electron chi connectivity index (χ4n) is 4.43. The first kappa shape index (κ1) is 24.3. The molecule has 1 N–H and O–H groups in total. The third-order valence-corrected chi connectivity index (χ3v) is 6.31. The van der Waals surface area contributed by atoms with Crippen molar-refractivity contribution in [2.75, 3.05) is 38.8 Å². The average Bonchev–Trinajstić information content (AvgIpc) is 3.18. The SMILES string of the molecule is COc1ccc(CCNC(=O)C(C#N)c2nc3ccccc3nc2N2CCCCCC2)cc1OC. The Labute approximate surface area is 205 Å². The molecule has 1 aromatic heterocycles. The summed E-state index contributed by atoms with van der Waals surface area (Å²) < 4.78 is 10.6. The lowest BCUT2D eigenvalue weighted by Crippen LogP contribution is -2.33. The number of carbonyl (C=O) groups is 1. The average molecular weight is 474 g/mol. The maximum absolute atomic E-state index is 13.2. The molecule has 0 aliphatic carbocycles. The molecule has 8 heteroatoms. The minimum atomic E-state index is -1.05. The molecule has 4 rings (SSSR count). The van der Waals surface area contributed by atoms with E-state index >= 15 is 0 Å². The van der Waals surface area contributed by atoms with Gasteiger partial charge in [-0.15, -0.1) is 0 Å². The Balaban J connectivity index is 1.55. The molecule has 1 atom stereocenters. The number of benzene rings is 2. The molecule has 3 aromatic rings. The van der Waals surface area contributed by atoms with Crippen LogP contribution in [0.5, 0.6) is 11.5 Å². The molecule has 182 valence electrons. The van der Waals surface area contributed by atoms with E-state index in [1.807, 2.05) is 42.5 Å². The molecule has 1 aliphatic heterocycles. The Kier molecular flexibility index (Phi) is 7.99. The van der Waals surface area contributed by atoms with Gasteiger partial charge in [-0.1, -0.05) is 31.0 Å². The molecule has 0 saturated carbocycles. The number of hydrogen-bond acceptors (Lipinski definition) is 7. The number of hydrogen-bond donors (Lipinski definition) is 1. The van der Waals surface area contributed by atoms with Gasteiger partial charge < -0.3 is 19.7 Å². The third-order valence-electron chi connectivity index (χ3n) is 6.31. The zero-order valence-electron chi connectivity index (χ0n) is 20.3. The second-order valence-corrected chi connectivity index (χ2v) is 8.61. The first-order valence-corrected chi connectivity index (χ1v) is 12.0. The summed E-state index contributed by atoms with van der Waals surface area (Å²) in [4.78, 5) is 25.0. The summed E-state index contributed by atoms with van der Waals surface area (Å²) in [6.45, 7) is 2.07. The molecule has 1 fully saturated rings. The van der Waals surface area contributed by atoms with E-state index in [0.29, 0.717) is 41.5 Å². The van der Waals surface area contributed by atoms with Gasteiger partial charge in [0, 0.05) is 19.6 Å². The summed E-state index contributed by atoms with van der Waals surface area (Å²) >= 11 is 0. The summed E-state index contributed by atoms with van der Waals surface area (Å²) in [5, 5.41) is 12.9. The molecule has 0 radical (unpaired) electrons. The lowest BCUT2D eigenvalue weighted by atomic mass is 10.0. The number of aromatic nitrogens is 2. The number of rotatable bonds is 8. The van der Waals surface area contributed by atoms with Crippen molar-refractivity contribution in [2.24, 2.45) is 0 Å². The minimum absolute atomic E-state index is 0.367. The van der Waals surface area contributed by atoms with Gasteiger partial charge in [0.05, 0.1) is 31.3 Å². The number of fused-ring (bicyclic) bond motifs is 1. The third kappa shape index (κ3) is 5.62. The van der Waals surface area contributed by atoms with Gasteiger partial charge in [-0.3, -0.25) is 4.79 Å². The van der Waals surface area contributed by atoms with Crippen LogP contribution in [0.3, 0.4) is 0 Å². The number of nitrogens with zero attached hydrogens (tertiary/aromatic N) is 4. The predicted octanol–water partition coefficient (Wildman–Crippen LogP) is 3.99. The molecule has 2 heterocycles. The first-order valence-electron chi connectivity index (χ1n) is 12.0. The van der Waals surface area contributed by atoms with Gasteiger partial charge >= 0.3 is 0 Å². The van der Waals surface area contributed by atoms with Gasteiger partial charge in [0.1, 0.15) is 5.69 Å². The van der Waals surface area contributed by atoms with Crippen molar-refractivity contribution >= 4 is 22.8 Å². The van der Waals surface area contributed by atoms with Gasteiger partial charge in [-0.2, -0.15) is 5.26 Å².